The summed E-state index contributed by atoms with van der Waals surface area (Å²) in [5.74, 6) is 0.850. The van der Waals surface area contributed by atoms with Gasteiger partial charge in [0.25, 0.3) is 0 Å². The van der Waals surface area contributed by atoms with E-state index in [0.29, 0.717) is 13.2 Å². The first-order valence-electron chi connectivity index (χ1n) is 7.76. The van der Waals surface area contributed by atoms with Crippen molar-refractivity contribution in [3.8, 4) is 5.75 Å². The molecule has 124 valence electrons. The van der Waals surface area contributed by atoms with Gasteiger partial charge in [-0.25, -0.2) is 0 Å². The SMILES string of the molecule is OCCNCCNCc1cccc(OCc2cccc(Cl)c2)c1. The van der Waals surface area contributed by atoms with Gasteiger partial charge >= 0.3 is 0 Å². The van der Waals surface area contributed by atoms with Gasteiger partial charge in [-0.2, -0.15) is 0 Å². The molecule has 0 aliphatic rings. The molecule has 0 unspecified atom stereocenters. The summed E-state index contributed by atoms with van der Waals surface area (Å²) < 4.78 is 5.82. The van der Waals surface area contributed by atoms with Gasteiger partial charge in [-0.1, -0.05) is 35.9 Å². The minimum Gasteiger partial charge on any atom is -0.489 e. The van der Waals surface area contributed by atoms with Crippen LogP contribution in [-0.4, -0.2) is 31.3 Å². The van der Waals surface area contributed by atoms with E-state index in [-0.39, 0.29) is 6.61 Å². The lowest BCUT2D eigenvalue weighted by molar-refractivity contribution is 0.292. The van der Waals surface area contributed by atoms with Gasteiger partial charge < -0.3 is 20.5 Å². The topological polar surface area (TPSA) is 53.5 Å². The molecule has 0 radical (unpaired) electrons. The van der Waals surface area contributed by atoms with Crippen molar-refractivity contribution in [2.24, 2.45) is 0 Å². The Balaban J connectivity index is 1.75. The molecule has 0 aliphatic heterocycles. The Morgan fingerprint density at radius 3 is 2.52 bits per heavy atom. The molecule has 23 heavy (non-hydrogen) atoms. The zero-order valence-electron chi connectivity index (χ0n) is 13.1. The Morgan fingerprint density at radius 2 is 1.70 bits per heavy atom. The predicted octanol–water partition coefficient (Wildman–Crippen LogP) is 2.59. The minimum absolute atomic E-state index is 0.173. The van der Waals surface area contributed by atoms with Crippen LogP contribution in [0.3, 0.4) is 0 Å². The van der Waals surface area contributed by atoms with Gasteiger partial charge in [0.15, 0.2) is 0 Å². The Kier molecular flexibility index (Phi) is 7.90. The van der Waals surface area contributed by atoms with E-state index in [0.717, 1.165) is 36.0 Å². The lowest BCUT2D eigenvalue weighted by atomic mass is 10.2. The van der Waals surface area contributed by atoms with Crippen LogP contribution in [-0.2, 0) is 13.2 Å². The summed E-state index contributed by atoms with van der Waals surface area (Å²) in [7, 11) is 0. The number of rotatable bonds is 10. The lowest BCUT2D eigenvalue weighted by Gasteiger charge is -2.09. The van der Waals surface area contributed by atoms with Crippen LogP contribution in [0, 0.1) is 0 Å². The largest absolute Gasteiger partial charge is 0.489 e. The molecular weight excluding hydrogens is 312 g/mol. The zero-order valence-corrected chi connectivity index (χ0v) is 13.9. The number of aliphatic hydroxyl groups excluding tert-OH is 1. The molecule has 0 saturated carbocycles. The first kappa shape index (κ1) is 17.8. The molecule has 0 bridgehead atoms. The van der Waals surface area contributed by atoms with E-state index in [2.05, 4.69) is 16.7 Å². The van der Waals surface area contributed by atoms with Crippen molar-refractivity contribution >= 4 is 11.6 Å². The first-order valence-corrected chi connectivity index (χ1v) is 8.14. The molecule has 5 heteroatoms. The second-order valence-corrected chi connectivity index (χ2v) is 5.65. The van der Waals surface area contributed by atoms with Gasteiger partial charge in [-0.05, 0) is 35.4 Å². The van der Waals surface area contributed by atoms with Crippen LogP contribution in [0.1, 0.15) is 11.1 Å². The molecule has 0 fully saturated rings. The predicted molar refractivity (Wildman–Crippen MR) is 93.9 cm³/mol. The zero-order chi connectivity index (χ0) is 16.3. The number of halogens is 1. The molecule has 4 nitrogen and oxygen atoms in total. The summed E-state index contributed by atoms with van der Waals surface area (Å²) in [5, 5.41) is 15.9. The molecule has 0 amide bonds. The molecular formula is C18H23ClN2O2. The monoisotopic (exact) mass is 334 g/mol. The average molecular weight is 335 g/mol. The molecule has 2 aromatic carbocycles. The van der Waals surface area contributed by atoms with Gasteiger partial charge in [-0.3, -0.25) is 0 Å². The summed E-state index contributed by atoms with van der Waals surface area (Å²) in [4.78, 5) is 0. The maximum absolute atomic E-state index is 8.68. The van der Waals surface area contributed by atoms with Gasteiger partial charge in [0.05, 0.1) is 6.61 Å². The number of nitrogens with one attached hydrogen (secondary N) is 2. The standard InChI is InChI=1S/C18H23ClN2O2/c19-17-5-1-4-16(11-17)14-23-18-6-2-3-15(12-18)13-21-8-7-20-9-10-22/h1-6,11-12,20-22H,7-10,13-14H2. The van der Waals surface area contributed by atoms with Gasteiger partial charge in [0.1, 0.15) is 12.4 Å². The van der Waals surface area contributed by atoms with Crippen molar-refractivity contribution in [2.75, 3.05) is 26.2 Å². The summed E-state index contributed by atoms with van der Waals surface area (Å²) in [6.45, 7) is 3.79. The maximum Gasteiger partial charge on any atom is 0.120 e. The number of benzene rings is 2. The van der Waals surface area contributed by atoms with Crippen LogP contribution < -0.4 is 15.4 Å². The Labute approximate surface area is 142 Å². The summed E-state index contributed by atoms with van der Waals surface area (Å²) in [6.07, 6.45) is 0. The molecule has 2 rings (SSSR count). The number of ether oxygens (including phenoxy) is 1. The van der Waals surface area contributed by atoms with Crippen molar-refractivity contribution in [1.82, 2.24) is 10.6 Å². The van der Waals surface area contributed by atoms with E-state index in [1.165, 1.54) is 5.56 Å². The molecule has 0 spiro atoms. The van der Waals surface area contributed by atoms with Crippen molar-refractivity contribution in [1.29, 1.82) is 0 Å². The maximum atomic E-state index is 8.68. The summed E-state index contributed by atoms with van der Waals surface area (Å²) >= 11 is 5.97. The van der Waals surface area contributed by atoms with E-state index in [1.54, 1.807) is 0 Å². The summed E-state index contributed by atoms with van der Waals surface area (Å²) in [5.41, 5.74) is 2.23. The third kappa shape index (κ3) is 7.01. The van der Waals surface area contributed by atoms with Crippen LogP contribution in [0.15, 0.2) is 48.5 Å². The quantitative estimate of drug-likeness (QED) is 0.585. The van der Waals surface area contributed by atoms with Crippen LogP contribution in [0.2, 0.25) is 5.02 Å². The number of hydrogen-bond donors (Lipinski definition) is 3. The van der Waals surface area contributed by atoms with Crippen molar-refractivity contribution < 1.29 is 9.84 Å². The van der Waals surface area contributed by atoms with E-state index in [9.17, 15) is 0 Å². The molecule has 0 heterocycles. The number of hydrogen-bond acceptors (Lipinski definition) is 4. The second kappa shape index (κ2) is 10.2. The molecule has 0 atom stereocenters. The second-order valence-electron chi connectivity index (χ2n) is 5.22. The lowest BCUT2D eigenvalue weighted by Crippen LogP contribution is -2.28. The minimum atomic E-state index is 0.173. The highest BCUT2D eigenvalue weighted by Crippen LogP contribution is 2.17. The van der Waals surface area contributed by atoms with Crippen LogP contribution >= 0.6 is 11.6 Å². The van der Waals surface area contributed by atoms with Crippen molar-refractivity contribution in [3.63, 3.8) is 0 Å². The van der Waals surface area contributed by atoms with Crippen LogP contribution in [0.5, 0.6) is 5.75 Å². The summed E-state index contributed by atoms with van der Waals surface area (Å²) in [6, 6.07) is 15.7. The Hall–Kier alpha value is -1.59. The van der Waals surface area contributed by atoms with Crippen LogP contribution in [0.4, 0.5) is 0 Å². The highest BCUT2D eigenvalue weighted by atomic mass is 35.5. The van der Waals surface area contributed by atoms with Gasteiger partial charge in [0.2, 0.25) is 0 Å². The van der Waals surface area contributed by atoms with Gasteiger partial charge in [-0.15, -0.1) is 0 Å². The molecule has 0 saturated heterocycles. The smallest absolute Gasteiger partial charge is 0.120 e. The van der Waals surface area contributed by atoms with Crippen LogP contribution in [0.25, 0.3) is 0 Å². The fraction of sp³-hybridized carbons (Fsp3) is 0.333. The fourth-order valence-electron chi connectivity index (χ4n) is 2.15. The highest BCUT2D eigenvalue weighted by Gasteiger charge is 1.99. The normalized spacial score (nSPS) is 10.7. The average Bonchev–Trinajstić information content (AvgIpc) is 2.57. The van der Waals surface area contributed by atoms with Crippen molar-refractivity contribution in [3.05, 3.63) is 64.7 Å². The molecule has 2 aromatic rings. The van der Waals surface area contributed by atoms with Crippen molar-refractivity contribution in [2.45, 2.75) is 13.2 Å². The Bertz CT molecular complexity index is 593. The van der Waals surface area contributed by atoms with E-state index >= 15 is 0 Å². The van der Waals surface area contributed by atoms with Gasteiger partial charge in [0, 0.05) is 31.2 Å². The third-order valence-electron chi connectivity index (χ3n) is 3.29. The first-order chi connectivity index (χ1) is 11.3. The number of aliphatic hydroxyl groups is 1. The Morgan fingerprint density at radius 1 is 0.913 bits per heavy atom. The molecule has 3 N–H and O–H groups in total. The van der Waals surface area contributed by atoms with E-state index in [1.807, 2.05) is 42.5 Å². The van der Waals surface area contributed by atoms with E-state index in [4.69, 9.17) is 21.4 Å². The fourth-order valence-corrected chi connectivity index (χ4v) is 2.37. The van der Waals surface area contributed by atoms with E-state index < -0.39 is 0 Å². The third-order valence-corrected chi connectivity index (χ3v) is 3.52. The molecule has 0 aliphatic carbocycles. The highest BCUT2D eigenvalue weighted by molar-refractivity contribution is 6.30. The molecule has 0 aromatic heterocycles.